The molecule has 1 amide bonds. The molecular weight excluding hydrogens is 236 g/mol. The van der Waals surface area contributed by atoms with E-state index >= 15 is 0 Å². The molecule has 6 nitrogen and oxygen atoms in total. The van der Waals surface area contributed by atoms with Gasteiger partial charge in [0.1, 0.15) is 11.8 Å². The van der Waals surface area contributed by atoms with Gasteiger partial charge in [0.25, 0.3) is 5.91 Å². The first-order chi connectivity index (χ1) is 8.66. The summed E-state index contributed by atoms with van der Waals surface area (Å²) in [6.45, 7) is 0.592. The lowest BCUT2D eigenvalue weighted by molar-refractivity contribution is -0.129. The molecule has 0 radical (unpaired) electrons. The Hall–Kier alpha value is -1.95. The molecule has 1 aliphatic rings. The molecule has 2 heterocycles. The molecule has 1 fully saturated rings. The third-order valence-corrected chi connectivity index (χ3v) is 2.72. The number of carbonyl (C=O) groups excluding carboxylic acids is 1. The topological polar surface area (TPSA) is 88.5 Å². The SMILES string of the molecule is O=C(O)c1cc(NC(=O)C2CCCCO2)ccn1. The Balaban J connectivity index is 2.02. The summed E-state index contributed by atoms with van der Waals surface area (Å²) in [5.74, 6) is -1.36. The van der Waals surface area contributed by atoms with E-state index in [0.717, 1.165) is 12.8 Å². The van der Waals surface area contributed by atoms with Crippen LogP contribution in [0.3, 0.4) is 0 Å². The number of ether oxygens (including phenoxy) is 1. The molecule has 0 aromatic carbocycles. The number of carbonyl (C=O) groups is 2. The average Bonchev–Trinajstić information content (AvgIpc) is 2.40. The molecule has 2 N–H and O–H groups in total. The van der Waals surface area contributed by atoms with Gasteiger partial charge >= 0.3 is 5.97 Å². The number of carboxylic acid groups (broad SMARTS) is 1. The van der Waals surface area contributed by atoms with Crippen LogP contribution in [0.4, 0.5) is 5.69 Å². The number of nitrogens with zero attached hydrogens (tertiary/aromatic N) is 1. The fourth-order valence-electron chi connectivity index (χ4n) is 1.80. The van der Waals surface area contributed by atoms with E-state index in [9.17, 15) is 9.59 Å². The van der Waals surface area contributed by atoms with Gasteiger partial charge in [0, 0.05) is 18.5 Å². The minimum absolute atomic E-state index is 0.0997. The molecule has 1 unspecified atom stereocenters. The Morgan fingerprint density at radius 1 is 1.44 bits per heavy atom. The number of nitrogens with one attached hydrogen (secondary N) is 1. The van der Waals surface area contributed by atoms with Crippen LogP contribution in [0, 0.1) is 0 Å². The maximum absolute atomic E-state index is 11.8. The molecule has 1 saturated heterocycles. The average molecular weight is 250 g/mol. The van der Waals surface area contributed by atoms with Gasteiger partial charge in [-0.3, -0.25) is 4.79 Å². The highest BCUT2D eigenvalue weighted by Crippen LogP contribution is 2.15. The largest absolute Gasteiger partial charge is 0.477 e. The highest BCUT2D eigenvalue weighted by atomic mass is 16.5. The third-order valence-electron chi connectivity index (χ3n) is 2.72. The van der Waals surface area contributed by atoms with Crippen LogP contribution in [-0.4, -0.2) is 34.7 Å². The number of pyridine rings is 1. The van der Waals surface area contributed by atoms with Crippen molar-refractivity contribution in [2.24, 2.45) is 0 Å². The zero-order valence-corrected chi connectivity index (χ0v) is 9.76. The van der Waals surface area contributed by atoms with Crippen LogP contribution >= 0.6 is 0 Å². The molecule has 0 spiro atoms. The highest BCUT2D eigenvalue weighted by Gasteiger charge is 2.22. The number of anilines is 1. The zero-order chi connectivity index (χ0) is 13.0. The summed E-state index contributed by atoms with van der Waals surface area (Å²) in [6, 6.07) is 2.87. The number of carboxylic acids is 1. The minimum atomic E-state index is -1.12. The maximum atomic E-state index is 11.8. The van der Waals surface area contributed by atoms with E-state index < -0.39 is 12.1 Å². The van der Waals surface area contributed by atoms with Gasteiger partial charge < -0.3 is 15.2 Å². The number of hydrogen-bond acceptors (Lipinski definition) is 4. The summed E-state index contributed by atoms with van der Waals surface area (Å²) in [5, 5.41) is 11.4. The Morgan fingerprint density at radius 3 is 2.94 bits per heavy atom. The first-order valence-electron chi connectivity index (χ1n) is 5.78. The van der Waals surface area contributed by atoms with Crippen molar-refractivity contribution in [1.29, 1.82) is 0 Å². The summed E-state index contributed by atoms with van der Waals surface area (Å²) in [7, 11) is 0. The number of aromatic carboxylic acids is 1. The lowest BCUT2D eigenvalue weighted by Crippen LogP contribution is -2.33. The zero-order valence-electron chi connectivity index (χ0n) is 9.76. The number of amides is 1. The predicted molar refractivity (Wildman–Crippen MR) is 63.4 cm³/mol. The lowest BCUT2D eigenvalue weighted by atomic mass is 10.1. The van der Waals surface area contributed by atoms with E-state index in [1.54, 1.807) is 6.07 Å². The molecule has 0 saturated carbocycles. The predicted octanol–water partition coefficient (Wildman–Crippen LogP) is 1.29. The van der Waals surface area contributed by atoms with E-state index in [1.807, 2.05) is 0 Å². The van der Waals surface area contributed by atoms with Gasteiger partial charge in [0.2, 0.25) is 0 Å². The fraction of sp³-hybridized carbons (Fsp3) is 0.417. The highest BCUT2D eigenvalue weighted by molar-refractivity contribution is 5.95. The van der Waals surface area contributed by atoms with Crippen LogP contribution < -0.4 is 5.32 Å². The molecule has 96 valence electrons. The van der Waals surface area contributed by atoms with Crippen LogP contribution in [0.2, 0.25) is 0 Å². The van der Waals surface area contributed by atoms with Gasteiger partial charge in [0.05, 0.1) is 0 Å². The molecule has 2 rings (SSSR count). The van der Waals surface area contributed by atoms with E-state index in [-0.39, 0.29) is 11.6 Å². The van der Waals surface area contributed by atoms with E-state index in [2.05, 4.69) is 10.3 Å². The van der Waals surface area contributed by atoms with Gasteiger partial charge in [-0.05, 0) is 31.4 Å². The van der Waals surface area contributed by atoms with E-state index in [4.69, 9.17) is 9.84 Å². The first kappa shape index (κ1) is 12.5. The van der Waals surface area contributed by atoms with Crippen molar-refractivity contribution < 1.29 is 19.4 Å². The smallest absolute Gasteiger partial charge is 0.354 e. The van der Waals surface area contributed by atoms with Crippen LogP contribution in [0.25, 0.3) is 0 Å². The maximum Gasteiger partial charge on any atom is 0.354 e. The lowest BCUT2D eigenvalue weighted by Gasteiger charge is -2.21. The number of hydrogen-bond donors (Lipinski definition) is 2. The van der Waals surface area contributed by atoms with Gasteiger partial charge in [-0.15, -0.1) is 0 Å². The Kier molecular flexibility index (Phi) is 3.88. The van der Waals surface area contributed by atoms with Gasteiger partial charge in [-0.2, -0.15) is 0 Å². The fourth-order valence-corrected chi connectivity index (χ4v) is 1.80. The van der Waals surface area contributed by atoms with E-state index in [1.165, 1.54) is 12.3 Å². The van der Waals surface area contributed by atoms with E-state index in [0.29, 0.717) is 18.7 Å². The van der Waals surface area contributed by atoms with Crippen LogP contribution in [0.1, 0.15) is 29.8 Å². The van der Waals surface area contributed by atoms with Gasteiger partial charge in [-0.25, -0.2) is 9.78 Å². The monoisotopic (exact) mass is 250 g/mol. The van der Waals surface area contributed by atoms with Gasteiger partial charge in [-0.1, -0.05) is 0 Å². The molecule has 1 aromatic rings. The minimum Gasteiger partial charge on any atom is -0.477 e. The van der Waals surface area contributed by atoms with Crippen molar-refractivity contribution in [3.8, 4) is 0 Å². The summed E-state index contributed by atoms with van der Waals surface area (Å²) in [6.07, 6.45) is 3.54. The Bertz CT molecular complexity index is 455. The van der Waals surface area contributed by atoms with Gasteiger partial charge in [0.15, 0.2) is 0 Å². The Morgan fingerprint density at radius 2 is 2.28 bits per heavy atom. The first-order valence-corrected chi connectivity index (χ1v) is 5.78. The summed E-state index contributed by atoms with van der Waals surface area (Å²) >= 11 is 0. The van der Waals surface area contributed by atoms with Crippen molar-refractivity contribution in [2.75, 3.05) is 11.9 Å². The van der Waals surface area contributed by atoms with Crippen molar-refractivity contribution in [1.82, 2.24) is 4.98 Å². The summed E-state index contributed by atoms with van der Waals surface area (Å²) in [4.78, 5) is 26.3. The molecule has 1 aliphatic heterocycles. The molecule has 1 atom stereocenters. The second kappa shape index (κ2) is 5.59. The van der Waals surface area contributed by atoms with Crippen LogP contribution in [0.15, 0.2) is 18.3 Å². The molecule has 0 bridgehead atoms. The second-order valence-corrected chi connectivity index (χ2v) is 4.08. The van der Waals surface area contributed by atoms with Crippen molar-refractivity contribution in [2.45, 2.75) is 25.4 Å². The number of rotatable bonds is 3. The second-order valence-electron chi connectivity index (χ2n) is 4.08. The normalized spacial score (nSPS) is 19.2. The molecule has 6 heteroatoms. The molecule has 18 heavy (non-hydrogen) atoms. The third kappa shape index (κ3) is 3.04. The molecule has 0 aliphatic carbocycles. The van der Waals surface area contributed by atoms with Crippen molar-refractivity contribution in [3.05, 3.63) is 24.0 Å². The summed E-state index contributed by atoms with van der Waals surface area (Å²) in [5.41, 5.74) is 0.318. The molecular formula is C12H14N2O4. The number of aromatic nitrogens is 1. The molecule has 1 aromatic heterocycles. The summed E-state index contributed by atoms with van der Waals surface area (Å²) < 4.78 is 5.35. The van der Waals surface area contributed by atoms with Crippen molar-refractivity contribution >= 4 is 17.6 Å². The quantitative estimate of drug-likeness (QED) is 0.843. The van der Waals surface area contributed by atoms with Crippen LogP contribution in [0.5, 0.6) is 0 Å². The van der Waals surface area contributed by atoms with Crippen molar-refractivity contribution in [3.63, 3.8) is 0 Å². The van der Waals surface area contributed by atoms with Crippen LogP contribution in [-0.2, 0) is 9.53 Å². The standard InChI is InChI=1S/C12H14N2O4/c15-11(10-3-1-2-6-18-10)14-8-4-5-13-9(7-8)12(16)17/h4-5,7,10H,1-3,6H2,(H,16,17)(H,13,14,15). The Labute approximate surface area is 104 Å².